The first kappa shape index (κ1) is 37.4. The Hall–Kier alpha value is -0.590. The molecule has 0 saturated heterocycles. The van der Waals surface area contributed by atoms with Crippen LogP contribution in [0.5, 0.6) is 0 Å². The van der Waals surface area contributed by atoms with E-state index in [2.05, 4.69) is 13.8 Å². The first-order valence-corrected chi connectivity index (χ1v) is 17.3. The van der Waals surface area contributed by atoms with Gasteiger partial charge in [0.2, 0.25) is 5.60 Å². The molecule has 0 aromatic rings. The number of hydrogen-bond acceptors (Lipinski definition) is 5. The quantitative estimate of drug-likeness (QED) is 0.0476. The van der Waals surface area contributed by atoms with Crippen LogP contribution in [0.25, 0.3) is 0 Å². The maximum absolute atomic E-state index is 13.0. The Kier molecular flexibility index (Phi) is 23.9. The van der Waals surface area contributed by atoms with Gasteiger partial charge in [0.1, 0.15) is 0 Å². The minimum absolute atomic E-state index is 0.0399. The summed E-state index contributed by atoms with van der Waals surface area (Å²) in [6.45, 7) is 3.89. The van der Waals surface area contributed by atoms with Crippen LogP contribution in [-0.4, -0.2) is 33.5 Å². The van der Waals surface area contributed by atoms with E-state index in [1.165, 1.54) is 89.9 Å². The van der Waals surface area contributed by atoms with Gasteiger partial charge in [0.15, 0.2) is 11.6 Å². The van der Waals surface area contributed by atoms with Crippen molar-refractivity contribution in [2.45, 2.75) is 174 Å². The van der Waals surface area contributed by atoms with Gasteiger partial charge in [0, 0.05) is 19.4 Å². The molecule has 0 atom stereocenters. The summed E-state index contributed by atoms with van der Waals surface area (Å²) in [5.41, 5.74) is 3.52. The van der Waals surface area contributed by atoms with Gasteiger partial charge in [-0.15, -0.1) is 0 Å². The summed E-state index contributed by atoms with van der Waals surface area (Å²) >= 11 is 0. The van der Waals surface area contributed by atoms with Crippen molar-refractivity contribution in [1.29, 1.82) is 0 Å². The summed E-state index contributed by atoms with van der Waals surface area (Å²) in [6.07, 6.45) is 24.9. The molecule has 0 aromatic heterocycles. The fourth-order valence-corrected chi connectivity index (χ4v) is 5.71. The summed E-state index contributed by atoms with van der Waals surface area (Å²) in [5, 5.41) is 0. The minimum Gasteiger partial charge on any atom is -0.327 e. The molecular weight excluding hydrogens is 501 g/mol. The first-order chi connectivity index (χ1) is 18.2. The Morgan fingerprint density at radius 1 is 0.579 bits per heavy atom. The van der Waals surface area contributed by atoms with Gasteiger partial charge in [-0.05, 0) is 12.8 Å². The SMILES string of the molecule is CCCCCCCCCCCCCC(=O)C(CN)(OP(=O)(O)O)C(=O)CCCCCCCCCCCCC. The summed E-state index contributed by atoms with van der Waals surface area (Å²) < 4.78 is 16.5. The Labute approximate surface area is 233 Å². The predicted molar refractivity (Wildman–Crippen MR) is 157 cm³/mol. The van der Waals surface area contributed by atoms with E-state index in [9.17, 15) is 23.9 Å². The van der Waals surface area contributed by atoms with Crippen LogP contribution in [0.4, 0.5) is 0 Å². The summed E-state index contributed by atoms with van der Waals surface area (Å²) in [5.74, 6) is -1.21. The number of nitrogens with two attached hydrogens (primary N) is 1. The number of carbonyl (C=O) groups excluding carboxylic acids is 2. The maximum Gasteiger partial charge on any atom is 0.471 e. The molecule has 38 heavy (non-hydrogen) atoms. The Morgan fingerprint density at radius 2 is 0.842 bits per heavy atom. The van der Waals surface area contributed by atoms with E-state index in [0.29, 0.717) is 12.8 Å². The zero-order chi connectivity index (χ0) is 28.5. The van der Waals surface area contributed by atoms with E-state index >= 15 is 0 Å². The van der Waals surface area contributed by atoms with Crippen molar-refractivity contribution >= 4 is 19.4 Å². The van der Waals surface area contributed by atoms with Gasteiger partial charge in [-0.3, -0.25) is 14.1 Å². The standard InChI is InChI=1S/C30H60NO6P/c1-3-5-7-9-11-13-15-17-19-21-23-25-28(32)30(27-31,37-38(34,35)36)29(33)26-24-22-20-18-16-14-12-10-8-6-4-2/h3-27,31H2,1-2H3,(H2,34,35,36). The molecule has 0 aliphatic heterocycles. The molecule has 0 heterocycles. The first-order valence-electron chi connectivity index (χ1n) is 15.8. The Morgan fingerprint density at radius 3 is 1.08 bits per heavy atom. The molecule has 0 aliphatic carbocycles. The van der Waals surface area contributed by atoms with Crippen molar-refractivity contribution in [2.24, 2.45) is 5.73 Å². The lowest BCUT2D eigenvalue weighted by atomic mass is 9.87. The minimum atomic E-state index is -5.07. The molecule has 8 heteroatoms. The van der Waals surface area contributed by atoms with Crippen molar-refractivity contribution in [3.63, 3.8) is 0 Å². The number of rotatable bonds is 29. The fraction of sp³-hybridized carbons (Fsp3) is 0.933. The molecule has 0 aliphatic rings. The van der Waals surface area contributed by atoms with Crippen molar-refractivity contribution in [1.82, 2.24) is 0 Å². The van der Waals surface area contributed by atoms with E-state index in [0.717, 1.165) is 38.5 Å². The van der Waals surface area contributed by atoms with Crippen LogP contribution < -0.4 is 5.73 Å². The molecule has 7 nitrogen and oxygen atoms in total. The van der Waals surface area contributed by atoms with Crippen molar-refractivity contribution < 1.29 is 28.5 Å². The molecule has 0 saturated carbocycles. The van der Waals surface area contributed by atoms with Crippen LogP contribution in [0, 0.1) is 0 Å². The zero-order valence-corrected chi connectivity index (χ0v) is 25.6. The maximum atomic E-state index is 13.0. The number of phosphoric acid groups is 1. The summed E-state index contributed by atoms with van der Waals surface area (Å²) in [7, 11) is -5.07. The molecule has 0 fully saturated rings. The van der Waals surface area contributed by atoms with Crippen molar-refractivity contribution in [3.05, 3.63) is 0 Å². The van der Waals surface area contributed by atoms with Gasteiger partial charge >= 0.3 is 7.82 Å². The van der Waals surface area contributed by atoms with E-state index in [-0.39, 0.29) is 12.8 Å². The van der Waals surface area contributed by atoms with Crippen LogP contribution in [0.15, 0.2) is 0 Å². The van der Waals surface area contributed by atoms with Gasteiger partial charge in [0.25, 0.3) is 0 Å². The predicted octanol–water partition coefficient (Wildman–Crippen LogP) is 8.33. The number of carbonyl (C=O) groups is 2. The second-order valence-corrected chi connectivity index (χ2v) is 12.2. The van der Waals surface area contributed by atoms with Crippen molar-refractivity contribution in [2.75, 3.05) is 6.54 Å². The molecule has 0 spiro atoms. The number of Topliss-reactive ketones (excluding diaryl/α,β-unsaturated/α-hetero) is 2. The molecular formula is C30H60NO6P. The van der Waals surface area contributed by atoms with Crippen LogP contribution >= 0.6 is 7.82 Å². The molecule has 0 radical (unpaired) electrons. The van der Waals surface area contributed by atoms with E-state index in [4.69, 9.17) is 10.3 Å². The highest BCUT2D eigenvalue weighted by Crippen LogP contribution is 2.43. The van der Waals surface area contributed by atoms with Crippen molar-refractivity contribution in [3.8, 4) is 0 Å². The zero-order valence-electron chi connectivity index (χ0n) is 24.7. The van der Waals surface area contributed by atoms with Gasteiger partial charge in [-0.1, -0.05) is 142 Å². The Bertz CT molecular complexity index is 598. The third-order valence-electron chi connectivity index (χ3n) is 7.48. The van der Waals surface area contributed by atoms with Gasteiger partial charge in [0.05, 0.1) is 0 Å². The van der Waals surface area contributed by atoms with Gasteiger partial charge < -0.3 is 15.5 Å². The van der Waals surface area contributed by atoms with E-state index in [1.54, 1.807) is 0 Å². The van der Waals surface area contributed by atoms with Crippen LogP contribution in [0.2, 0.25) is 0 Å². The smallest absolute Gasteiger partial charge is 0.327 e. The third kappa shape index (κ3) is 19.5. The number of hydrogen-bond donors (Lipinski definition) is 3. The number of ketones is 2. The normalized spacial score (nSPS) is 12.2. The highest BCUT2D eigenvalue weighted by Gasteiger charge is 2.48. The van der Waals surface area contributed by atoms with Gasteiger partial charge in [-0.2, -0.15) is 0 Å². The van der Waals surface area contributed by atoms with Gasteiger partial charge in [-0.25, -0.2) is 4.57 Å². The number of unbranched alkanes of at least 4 members (excludes halogenated alkanes) is 20. The second kappa shape index (κ2) is 24.2. The molecule has 0 aromatic carbocycles. The topological polar surface area (TPSA) is 127 Å². The fourth-order valence-electron chi connectivity index (χ4n) is 5.03. The lowest BCUT2D eigenvalue weighted by Crippen LogP contribution is -2.54. The summed E-state index contributed by atoms with van der Waals surface area (Å²) in [4.78, 5) is 44.9. The molecule has 0 amide bonds. The van der Waals surface area contributed by atoms with Crippen LogP contribution in [0.3, 0.4) is 0 Å². The van der Waals surface area contributed by atoms with E-state index in [1.807, 2.05) is 0 Å². The Balaban J connectivity index is 4.38. The van der Waals surface area contributed by atoms with Crippen LogP contribution in [-0.2, 0) is 18.7 Å². The molecule has 226 valence electrons. The molecule has 0 rings (SSSR count). The lowest BCUT2D eigenvalue weighted by molar-refractivity contribution is -0.148. The highest BCUT2D eigenvalue weighted by atomic mass is 31.2. The van der Waals surface area contributed by atoms with E-state index < -0.39 is 31.5 Å². The monoisotopic (exact) mass is 561 g/mol. The average Bonchev–Trinajstić information content (AvgIpc) is 2.88. The molecule has 0 unspecified atom stereocenters. The second-order valence-electron chi connectivity index (χ2n) is 11.0. The average molecular weight is 562 g/mol. The lowest BCUT2D eigenvalue weighted by Gasteiger charge is -2.29. The van der Waals surface area contributed by atoms with Crippen LogP contribution in [0.1, 0.15) is 168 Å². The molecule has 4 N–H and O–H groups in total. The number of phosphoric ester groups is 1. The summed E-state index contributed by atoms with van der Waals surface area (Å²) in [6, 6.07) is 0. The largest absolute Gasteiger partial charge is 0.471 e. The highest BCUT2D eigenvalue weighted by molar-refractivity contribution is 7.46. The third-order valence-corrected chi connectivity index (χ3v) is 8.03. The molecule has 0 bridgehead atoms.